The van der Waals surface area contributed by atoms with Gasteiger partial charge in [0.05, 0.1) is 5.69 Å². The smallest absolute Gasteiger partial charge is 0.263 e. The molecule has 5 nitrogen and oxygen atoms in total. The highest BCUT2D eigenvalue weighted by Gasteiger charge is 2.20. The first kappa shape index (κ1) is 14.3. The van der Waals surface area contributed by atoms with Crippen LogP contribution in [0.1, 0.15) is 33.8 Å². The molecule has 21 heavy (non-hydrogen) atoms. The molecule has 6 heteroatoms. The Bertz CT molecular complexity index is 681. The number of aromatic nitrogens is 1. The number of rotatable bonds is 5. The number of nitrogens with zero attached hydrogens (tertiary/aromatic N) is 1. The second-order valence-electron chi connectivity index (χ2n) is 5.25. The van der Waals surface area contributed by atoms with Crippen molar-refractivity contribution in [1.82, 2.24) is 10.3 Å². The number of pyridine rings is 1. The molecule has 0 saturated carbocycles. The Labute approximate surface area is 127 Å². The zero-order chi connectivity index (χ0) is 14.8. The fraction of sp³-hybridized carbons (Fsp3) is 0.467. The number of carbonyl (C=O) groups is 1. The Morgan fingerprint density at radius 2 is 2.38 bits per heavy atom. The van der Waals surface area contributed by atoms with Crippen molar-refractivity contribution in [3.8, 4) is 0 Å². The number of hydrogen-bond donors (Lipinski definition) is 2. The molecule has 0 bridgehead atoms. The molecule has 0 spiro atoms. The first-order chi connectivity index (χ1) is 10.2. The number of ether oxygens (including phenoxy) is 1. The predicted molar refractivity (Wildman–Crippen MR) is 84.9 cm³/mol. The van der Waals surface area contributed by atoms with Crippen LogP contribution in [0.2, 0.25) is 0 Å². The van der Waals surface area contributed by atoms with Crippen LogP contribution in [0.4, 0.5) is 5.69 Å². The van der Waals surface area contributed by atoms with Gasteiger partial charge in [0, 0.05) is 31.3 Å². The highest BCUT2D eigenvalue weighted by Crippen LogP contribution is 2.35. The summed E-state index contributed by atoms with van der Waals surface area (Å²) in [5.74, 6) is -0.119. The number of nitrogen functional groups attached to an aromatic ring is 1. The monoisotopic (exact) mass is 305 g/mol. The average Bonchev–Trinajstić information content (AvgIpc) is 3.06. The van der Waals surface area contributed by atoms with Gasteiger partial charge >= 0.3 is 0 Å². The number of carbonyl (C=O) groups excluding carboxylic acids is 1. The molecule has 0 fully saturated rings. The van der Waals surface area contributed by atoms with Gasteiger partial charge in [0.1, 0.15) is 9.71 Å². The van der Waals surface area contributed by atoms with Crippen LogP contribution in [0.5, 0.6) is 0 Å². The fourth-order valence-corrected chi connectivity index (χ4v) is 3.68. The second-order valence-corrected chi connectivity index (χ2v) is 6.25. The summed E-state index contributed by atoms with van der Waals surface area (Å²) in [6.45, 7) is 1.22. The van der Waals surface area contributed by atoms with Gasteiger partial charge in [0.2, 0.25) is 0 Å². The standard InChI is InChI=1S/C15H19N3O2S/c1-20-7-3-6-17-14(19)13-12(16)10-8-9-4-2-5-11(9)18-15(10)21-13/h8H,2-7,16H2,1H3,(H,17,19). The number of aryl methyl sites for hydroxylation is 2. The summed E-state index contributed by atoms with van der Waals surface area (Å²) in [5.41, 5.74) is 9.15. The third-order valence-electron chi connectivity index (χ3n) is 3.77. The highest BCUT2D eigenvalue weighted by molar-refractivity contribution is 7.21. The largest absolute Gasteiger partial charge is 0.397 e. The van der Waals surface area contributed by atoms with E-state index in [-0.39, 0.29) is 5.91 Å². The van der Waals surface area contributed by atoms with Crippen molar-refractivity contribution in [3.63, 3.8) is 0 Å². The van der Waals surface area contributed by atoms with Crippen molar-refractivity contribution in [2.24, 2.45) is 0 Å². The van der Waals surface area contributed by atoms with Crippen molar-refractivity contribution >= 4 is 33.1 Å². The third-order valence-corrected chi connectivity index (χ3v) is 4.88. The van der Waals surface area contributed by atoms with Gasteiger partial charge in [0.15, 0.2) is 0 Å². The Morgan fingerprint density at radius 3 is 3.19 bits per heavy atom. The molecule has 1 aliphatic rings. The van der Waals surface area contributed by atoms with Gasteiger partial charge in [-0.1, -0.05) is 0 Å². The summed E-state index contributed by atoms with van der Waals surface area (Å²) < 4.78 is 4.96. The molecule has 112 valence electrons. The van der Waals surface area contributed by atoms with Crippen LogP contribution in [0.25, 0.3) is 10.2 Å². The first-order valence-electron chi connectivity index (χ1n) is 7.18. The van der Waals surface area contributed by atoms with Crippen LogP contribution in [-0.4, -0.2) is 31.2 Å². The van der Waals surface area contributed by atoms with Crippen LogP contribution in [-0.2, 0) is 17.6 Å². The number of thiophene rings is 1. The maximum absolute atomic E-state index is 12.2. The van der Waals surface area contributed by atoms with Gasteiger partial charge in [-0.15, -0.1) is 11.3 Å². The van der Waals surface area contributed by atoms with E-state index in [2.05, 4.69) is 16.4 Å². The molecule has 0 radical (unpaired) electrons. The summed E-state index contributed by atoms with van der Waals surface area (Å²) in [4.78, 5) is 18.3. The summed E-state index contributed by atoms with van der Waals surface area (Å²) in [6.07, 6.45) is 4.04. The van der Waals surface area contributed by atoms with E-state index in [1.165, 1.54) is 16.9 Å². The number of nitrogens with two attached hydrogens (primary N) is 1. The molecule has 0 aliphatic heterocycles. The second kappa shape index (κ2) is 5.99. The number of amides is 1. The van der Waals surface area contributed by atoms with Gasteiger partial charge in [0.25, 0.3) is 5.91 Å². The summed E-state index contributed by atoms with van der Waals surface area (Å²) in [7, 11) is 1.65. The van der Waals surface area contributed by atoms with Gasteiger partial charge in [-0.05, 0) is 37.3 Å². The molecule has 0 unspecified atom stereocenters. The van der Waals surface area contributed by atoms with E-state index in [0.29, 0.717) is 23.7 Å². The number of methoxy groups -OCH3 is 1. The van der Waals surface area contributed by atoms with E-state index in [9.17, 15) is 4.79 Å². The minimum Gasteiger partial charge on any atom is -0.397 e. The summed E-state index contributed by atoms with van der Waals surface area (Å²) >= 11 is 1.38. The van der Waals surface area contributed by atoms with Crippen molar-refractivity contribution in [1.29, 1.82) is 0 Å². The van der Waals surface area contributed by atoms with Crippen LogP contribution in [0.3, 0.4) is 0 Å². The zero-order valence-corrected chi connectivity index (χ0v) is 12.9. The average molecular weight is 305 g/mol. The first-order valence-corrected chi connectivity index (χ1v) is 8.00. The number of nitrogens with one attached hydrogen (secondary N) is 1. The third kappa shape index (κ3) is 2.73. The van der Waals surface area contributed by atoms with E-state index in [1.54, 1.807) is 7.11 Å². The lowest BCUT2D eigenvalue weighted by Gasteiger charge is -2.03. The Morgan fingerprint density at radius 1 is 1.52 bits per heavy atom. The van der Waals surface area contributed by atoms with Crippen molar-refractivity contribution in [2.75, 3.05) is 26.0 Å². The molecular formula is C15H19N3O2S. The quantitative estimate of drug-likeness (QED) is 0.830. The van der Waals surface area contributed by atoms with Crippen LogP contribution in [0.15, 0.2) is 6.07 Å². The van der Waals surface area contributed by atoms with Crippen LogP contribution in [0, 0.1) is 0 Å². The lowest BCUT2D eigenvalue weighted by atomic mass is 10.1. The lowest BCUT2D eigenvalue weighted by Crippen LogP contribution is -2.25. The molecule has 3 N–H and O–H groups in total. The van der Waals surface area contributed by atoms with Gasteiger partial charge in [-0.2, -0.15) is 0 Å². The van der Waals surface area contributed by atoms with E-state index in [0.717, 1.165) is 41.6 Å². The Balaban J connectivity index is 1.83. The molecule has 0 atom stereocenters. The normalized spacial score (nSPS) is 13.6. The maximum atomic E-state index is 12.2. The molecule has 1 aliphatic carbocycles. The van der Waals surface area contributed by atoms with Gasteiger partial charge < -0.3 is 15.8 Å². The maximum Gasteiger partial charge on any atom is 0.263 e. The minimum absolute atomic E-state index is 0.119. The molecule has 1 amide bonds. The molecule has 2 heterocycles. The molecule has 0 aromatic carbocycles. The molecule has 3 rings (SSSR count). The Kier molecular flexibility index (Phi) is 4.07. The van der Waals surface area contributed by atoms with Crippen LogP contribution < -0.4 is 11.1 Å². The van der Waals surface area contributed by atoms with Crippen molar-refractivity contribution < 1.29 is 9.53 Å². The summed E-state index contributed by atoms with van der Waals surface area (Å²) in [6, 6.07) is 2.11. The predicted octanol–water partition coefficient (Wildman–Crippen LogP) is 2.13. The molecule has 2 aromatic heterocycles. The fourth-order valence-electron chi connectivity index (χ4n) is 2.67. The molecular weight excluding hydrogens is 286 g/mol. The minimum atomic E-state index is -0.119. The highest BCUT2D eigenvalue weighted by atomic mass is 32.1. The SMILES string of the molecule is COCCCNC(=O)c1sc2nc3c(cc2c1N)CCC3. The molecule has 2 aromatic rings. The van der Waals surface area contributed by atoms with E-state index in [1.807, 2.05) is 0 Å². The van der Waals surface area contributed by atoms with E-state index < -0.39 is 0 Å². The van der Waals surface area contributed by atoms with E-state index >= 15 is 0 Å². The topological polar surface area (TPSA) is 77.2 Å². The van der Waals surface area contributed by atoms with Crippen molar-refractivity contribution in [2.45, 2.75) is 25.7 Å². The van der Waals surface area contributed by atoms with Crippen LogP contribution >= 0.6 is 11.3 Å². The van der Waals surface area contributed by atoms with Gasteiger partial charge in [-0.25, -0.2) is 4.98 Å². The number of anilines is 1. The lowest BCUT2D eigenvalue weighted by molar-refractivity contribution is 0.0953. The number of hydrogen-bond acceptors (Lipinski definition) is 5. The van der Waals surface area contributed by atoms with Gasteiger partial charge in [-0.3, -0.25) is 4.79 Å². The molecule has 0 saturated heterocycles. The van der Waals surface area contributed by atoms with E-state index in [4.69, 9.17) is 10.5 Å². The zero-order valence-electron chi connectivity index (χ0n) is 12.1. The van der Waals surface area contributed by atoms with Crippen molar-refractivity contribution in [3.05, 3.63) is 22.2 Å². The Hall–Kier alpha value is -1.66. The summed E-state index contributed by atoms with van der Waals surface area (Å²) in [5, 5.41) is 3.80. The number of fused-ring (bicyclic) bond motifs is 2.